The molecule has 6 nitrogen and oxygen atoms in total. The van der Waals surface area contributed by atoms with Crippen molar-refractivity contribution in [3.05, 3.63) is 58.7 Å². The highest BCUT2D eigenvalue weighted by molar-refractivity contribution is 7.89. The Morgan fingerprint density at radius 3 is 2.33 bits per heavy atom. The Morgan fingerprint density at radius 2 is 1.70 bits per heavy atom. The molecule has 1 aliphatic heterocycles. The molecular weight excluding hydrogens is 454 g/mol. The van der Waals surface area contributed by atoms with Gasteiger partial charge in [-0.2, -0.15) is 4.31 Å². The van der Waals surface area contributed by atoms with Crippen LogP contribution in [0.25, 0.3) is 11.3 Å². The Hall–Kier alpha value is -2.42. The topological polar surface area (TPSA) is 63.9 Å². The Balaban J connectivity index is 1.67. The van der Waals surface area contributed by atoms with Gasteiger partial charge in [0.15, 0.2) is 4.80 Å². The number of thiazole rings is 1. The fourth-order valence-corrected chi connectivity index (χ4v) is 6.50. The van der Waals surface area contributed by atoms with Gasteiger partial charge >= 0.3 is 0 Å². The molecule has 0 saturated carbocycles. The van der Waals surface area contributed by atoms with Gasteiger partial charge in [0.05, 0.1) is 23.4 Å². The molecule has 0 radical (unpaired) electrons. The van der Waals surface area contributed by atoms with E-state index in [0.29, 0.717) is 18.0 Å². The van der Waals surface area contributed by atoms with Gasteiger partial charge in [-0.3, -0.25) is 0 Å². The van der Waals surface area contributed by atoms with E-state index < -0.39 is 10.0 Å². The lowest BCUT2D eigenvalue weighted by molar-refractivity contribution is 0.415. The second-order valence-electron chi connectivity index (χ2n) is 8.21. The van der Waals surface area contributed by atoms with E-state index in [2.05, 4.69) is 16.9 Å². The zero-order chi connectivity index (χ0) is 23.3. The quantitative estimate of drug-likeness (QED) is 0.380. The van der Waals surface area contributed by atoms with Crippen LogP contribution in [0.1, 0.15) is 39.0 Å². The van der Waals surface area contributed by atoms with Gasteiger partial charge in [0, 0.05) is 25.0 Å². The van der Waals surface area contributed by atoms with Gasteiger partial charge in [-0.25, -0.2) is 13.4 Å². The number of benzene rings is 2. The minimum Gasteiger partial charge on any atom is -0.497 e. The van der Waals surface area contributed by atoms with E-state index in [9.17, 15) is 8.42 Å². The number of hydrogen-bond donors (Lipinski definition) is 0. The van der Waals surface area contributed by atoms with E-state index in [1.165, 1.54) is 0 Å². The number of hydrogen-bond acceptors (Lipinski definition) is 5. The van der Waals surface area contributed by atoms with Gasteiger partial charge in [0.25, 0.3) is 0 Å². The predicted octanol–water partition coefficient (Wildman–Crippen LogP) is 5.43. The van der Waals surface area contributed by atoms with Crippen molar-refractivity contribution in [2.45, 2.75) is 50.5 Å². The van der Waals surface area contributed by atoms with Crippen LogP contribution >= 0.6 is 11.3 Å². The van der Waals surface area contributed by atoms with Crippen molar-refractivity contribution in [1.82, 2.24) is 8.87 Å². The van der Waals surface area contributed by atoms with E-state index in [1.807, 2.05) is 36.4 Å². The molecule has 0 amide bonds. The molecule has 0 bridgehead atoms. The van der Waals surface area contributed by atoms with Crippen LogP contribution in [0.4, 0.5) is 5.69 Å². The second kappa shape index (κ2) is 10.7. The Kier molecular flexibility index (Phi) is 7.67. The van der Waals surface area contributed by atoms with E-state index in [4.69, 9.17) is 9.73 Å². The first-order chi connectivity index (χ1) is 16.0. The van der Waals surface area contributed by atoms with Crippen molar-refractivity contribution in [2.24, 2.45) is 4.99 Å². The van der Waals surface area contributed by atoms with Gasteiger partial charge < -0.3 is 9.30 Å². The highest BCUT2D eigenvalue weighted by Gasteiger charge is 2.27. The summed E-state index contributed by atoms with van der Waals surface area (Å²) in [4.78, 5) is 6.17. The van der Waals surface area contributed by atoms with Crippen LogP contribution < -0.4 is 9.54 Å². The predicted molar refractivity (Wildman–Crippen MR) is 133 cm³/mol. The Labute approximate surface area is 200 Å². The maximum Gasteiger partial charge on any atom is 0.243 e. The summed E-state index contributed by atoms with van der Waals surface area (Å²) in [6.45, 7) is 4.29. The monoisotopic (exact) mass is 485 g/mol. The van der Waals surface area contributed by atoms with Gasteiger partial charge in [-0.05, 0) is 61.2 Å². The second-order valence-corrected chi connectivity index (χ2v) is 11.0. The largest absolute Gasteiger partial charge is 0.497 e. The number of rotatable bonds is 9. The van der Waals surface area contributed by atoms with Crippen molar-refractivity contribution in [2.75, 3.05) is 20.2 Å². The summed E-state index contributed by atoms with van der Waals surface area (Å²) in [7, 11) is -1.75. The maximum absolute atomic E-state index is 12.9. The van der Waals surface area contributed by atoms with Crippen LogP contribution in [0.15, 0.2) is 63.8 Å². The minimum atomic E-state index is -3.41. The minimum absolute atomic E-state index is 0.365. The zero-order valence-electron chi connectivity index (χ0n) is 19.2. The molecule has 8 heteroatoms. The molecule has 2 heterocycles. The average molecular weight is 486 g/mol. The molecule has 1 aliphatic rings. The third kappa shape index (κ3) is 5.39. The molecule has 3 aromatic rings. The van der Waals surface area contributed by atoms with Crippen molar-refractivity contribution in [1.29, 1.82) is 0 Å². The van der Waals surface area contributed by atoms with Gasteiger partial charge in [-0.1, -0.05) is 31.9 Å². The van der Waals surface area contributed by atoms with Crippen LogP contribution in [-0.4, -0.2) is 37.5 Å². The van der Waals surface area contributed by atoms with Gasteiger partial charge in [0.1, 0.15) is 5.75 Å². The molecule has 1 aromatic heterocycles. The molecular formula is C25H31N3O3S2. The van der Waals surface area contributed by atoms with Crippen LogP contribution in [0.3, 0.4) is 0 Å². The van der Waals surface area contributed by atoms with Crippen LogP contribution in [0.2, 0.25) is 0 Å². The summed E-state index contributed by atoms with van der Waals surface area (Å²) in [6.07, 6.45) is 5.23. The van der Waals surface area contributed by atoms with Crippen molar-refractivity contribution in [3.8, 4) is 17.0 Å². The van der Waals surface area contributed by atoms with Crippen molar-refractivity contribution >= 4 is 27.0 Å². The van der Waals surface area contributed by atoms with Crippen molar-refractivity contribution < 1.29 is 13.2 Å². The number of sulfonamides is 1. The van der Waals surface area contributed by atoms with E-state index >= 15 is 0 Å². The summed E-state index contributed by atoms with van der Waals surface area (Å²) in [5, 5.41) is 2.11. The fourth-order valence-electron chi connectivity index (χ4n) is 4.03. The molecule has 0 unspecified atom stereocenters. The lowest BCUT2D eigenvalue weighted by Crippen LogP contribution is -2.27. The average Bonchev–Trinajstić information content (AvgIpc) is 3.51. The first-order valence-corrected chi connectivity index (χ1v) is 13.8. The molecule has 0 N–H and O–H groups in total. The number of methoxy groups -OCH3 is 1. The molecule has 1 fully saturated rings. The van der Waals surface area contributed by atoms with E-state index in [1.54, 1.807) is 34.9 Å². The molecule has 0 atom stereocenters. The SMILES string of the molecule is CCCCCn1c(-c2ccc(S(=O)(=O)N3CCCC3)cc2)csc1=Nc1ccc(OC)cc1. The highest BCUT2D eigenvalue weighted by Crippen LogP contribution is 2.26. The Bertz CT molecular complexity index is 1220. The molecule has 0 aliphatic carbocycles. The zero-order valence-corrected chi connectivity index (χ0v) is 20.9. The number of ether oxygens (including phenoxy) is 1. The van der Waals surface area contributed by atoms with Gasteiger partial charge in [0.2, 0.25) is 10.0 Å². The smallest absolute Gasteiger partial charge is 0.243 e. The van der Waals surface area contributed by atoms with E-state index in [0.717, 1.165) is 66.1 Å². The fraction of sp³-hybridized carbons (Fsp3) is 0.400. The lowest BCUT2D eigenvalue weighted by atomic mass is 10.1. The van der Waals surface area contributed by atoms with Crippen LogP contribution in [-0.2, 0) is 16.6 Å². The molecule has 176 valence electrons. The van der Waals surface area contributed by atoms with Crippen molar-refractivity contribution in [3.63, 3.8) is 0 Å². The first-order valence-electron chi connectivity index (χ1n) is 11.5. The molecule has 33 heavy (non-hydrogen) atoms. The van der Waals surface area contributed by atoms with Gasteiger partial charge in [-0.15, -0.1) is 11.3 Å². The summed E-state index contributed by atoms with van der Waals surface area (Å²) in [5.41, 5.74) is 2.94. The number of aromatic nitrogens is 1. The summed E-state index contributed by atoms with van der Waals surface area (Å²) >= 11 is 1.60. The number of unbranched alkanes of at least 4 members (excludes halogenated alkanes) is 2. The summed E-state index contributed by atoms with van der Waals surface area (Å²) in [5.74, 6) is 0.806. The first kappa shape index (κ1) is 23.7. The third-order valence-electron chi connectivity index (χ3n) is 5.93. The Morgan fingerprint density at radius 1 is 1.00 bits per heavy atom. The number of nitrogens with zero attached hydrogens (tertiary/aromatic N) is 3. The highest BCUT2D eigenvalue weighted by atomic mass is 32.2. The summed E-state index contributed by atoms with van der Waals surface area (Å²) < 4.78 is 34.8. The third-order valence-corrected chi connectivity index (χ3v) is 8.71. The van der Waals surface area contributed by atoms with Crippen LogP contribution in [0, 0.1) is 0 Å². The summed E-state index contributed by atoms with van der Waals surface area (Å²) in [6, 6.07) is 15.0. The molecule has 2 aromatic carbocycles. The molecule has 4 rings (SSSR count). The molecule has 1 saturated heterocycles. The van der Waals surface area contributed by atoms with E-state index in [-0.39, 0.29) is 0 Å². The maximum atomic E-state index is 12.9. The lowest BCUT2D eigenvalue weighted by Gasteiger charge is -2.16. The molecule has 0 spiro atoms. The normalized spacial score (nSPS) is 15.3. The van der Waals surface area contributed by atoms with Crippen LogP contribution in [0.5, 0.6) is 5.75 Å². The standard InChI is InChI=1S/C25H31N3O3S2/c1-3-4-5-18-28-24(19-32-25(28)26-21-10-12-22(31-2)13-11-21)20-8-14-23(15-9-20)33(29,30)27-16-6-7-17-27/h8-15,19H,3-7,16-18H2,1-2H3.